The van der Waals surface area contributed by atoms with Gasteiger partial charge in [-0.05, 0) is 24.6 Å². The number of benzene rings is 1. The number of carbonyl (C=O) groups is 2. The highest BCUT2D eigenvalue weighted by Crippen LogP contribution is 2.14. The zero-order valence-corrected chi connectivity index (χ0v) is 11.1. The fourth-order valence-corrected chi connectivity index (χ4v) is 1.60. The number of rotatable bonds is 5. The minimum atomic E-state index is -0.672. The van der Waals surface area contributed by atoms with Crippen LogP contribution in [-0.2, 0) is 9.59 Å². The second kappa shape index (κ2) is 7.71. The van der Waals surface area contributed by atoms with Crippen LogP contribution in [0.15, 0.2) is 24.3 Å². The highest BCUT2D eigenvalue weighted by Gasteiger charge is 2.12. The summed E-state index contributed by atoms with van der Waals surface area (Å²) in [5.41, 5.74) is 0.510. The second-order valence-electron chi connectivity index (χ2n) is 3.93. The number of halogens is 1. The highest BCUT2D eigenvalue weighted by atomic mass is 35.5. The van der Waals surface area contributed by atoms with Crippen LogP contribution in [0.2, 0.25) is 5.02 Å². The van der Waals surface area contributed by atoms with E-state index in [1.54, 1.807) is 24.3 Å². The van der Waals surface area contributed by atoms with Crippen LogP contribution in [0.5, 0.6) is 0 Å². The van der Waals surface area contributed by atoms with E-state index >= 15 is 0 Å². The zero-order valence-electron chi connectivity index (χ0n) is 10.3. The number of carbonyl (C=O) groups excluding carboxylic acids is 2. The quantitative estimate of drug-likeness (QED) is 0.637. The van der Waals surface area contributed by atoms with Crippen molar-refractivity contribution < 1.29 is 9.59 Å². The Bertz CT molecular complexity index is 421. The van der Waals surface area contributed by atoms with Gasteiger partial charge in [0.2, 0.25) is 0 Å². The summed E-state index contributed by atoms with van der Waals surface area (Å²) in [6.07, 6.45) is 2.99. The van der Waals surface area contributed by atoms with Crippen molar-refractivity contribution in [2.24, 2.45) is 0 Å². The van der Waals surface area contributed by atoms with E-state index in [2.05, 4.69) is 17.6 Å². The Morgan fingerprint density at radius 3 is 2.67 bits per heavy atom. The van der Waals surface area contributed by atoms with Gasteiger partial charge < -0.3 is 10.6 Å². The number of amides is 2. The molecule has 1 rings (SSSR count). The largest absolute Gasteiger partial charge is 0.348 e. The van der Waals surface area contributed by atoms with Gasteiger partial charge in [0.15, 0.2) is 0 Å². The predicted octanol–water partition coefficient (Wildman–Crippen LogP) is 2.58. The maximum absolute atomic E-state index is 11.5. The van der Waals surface area contributed by atoms with Crippen molar-refractivity contribution in [1.29, 1.82) is 0 Å². The fourth-order valence-electron chi connectivity index (χ4n) is 1.41. The topological polar surface area (TPSA) is 58.2 Å². The first-order valence-corrected chi connectivity index (χ1v) is 6.36. The molecule has 98 valence electrons. The third-order valence-electron chi connectivity index (χ3n) is 2.35. The third-order valence-corrected chi connectivity index (χ3v) is 2.59. The molecule has 4 nitrogen and oxygen atoms in total. The first-order valence-electron chi connectivity index (χ1n) is 5.98. The van der Waals surface area contributed by atoms with Crippen molar-refractivity contribution >= 4 is 29.1 Å². The van der Waals surface area contributed by atoms with Crippen LogP contribution in [-0.4, -0.2) is 18.4 Å². The van der Waals surface area contributed by atoms with Gasteiger partial charge >= 0.3 is 11.8 Å². The SMILES string of the molecule is CCCCCNC(=O)C(=O)Nc1cccc(Cl)c1. The van der Waals surface area contributed by atoms with E-state index in [0.717, 1.165) is 19.3 Å². The highest BCUT2D eigenvalue weighted by molar-refractivity contribution is 6.39. The summed E-state index contributed by atoms with van der Waals surface area (Å²) in [6, 6.07) is 6.66. The molecule has 0 aliphatic rings. The smallest absolute Gasteiger partial charge is 0.313 e. The van der Waals surface area contributed by atoms with Gasteiger partial charge in [0.25, 0.3) is 0 Å². The third kappa shape index (κ3) is 5.19. The molecule has 0 aliphatic heterocycles. The maximum atomic E-state index is 11.5. The molecule has 0 radical (unpaired) electrons. The second-order valence-corrected chi connectivity index (χ2v) is 4.36. The predicted molar refractivity (Wildman–Crippen MR) is 72.6 cm³/mol. The van der Waals surface area contributed by atoms with E-state index in [9.17, 15) is 9.59 Å². The average Bonchev–Trinajstić information content (AvgIpc) is 2.34. The molecule has 2 amide bonds. The molecule has 0 aromatic heterocycles. The molecule has 0 unspecified atom stereocenters. The van der Waals surface area contributed by atoms with Gasteiger partial charge in [-0.2, -0.15) is 0 Å². The minimum absolute atomic E-state index is 0.510. The lowest BCUT2D eigenvalue weighted by atomic mass is 10.2. The molecule has 0 bridgehead atoms. The van der Waals surface area contributed by atoms with Crippen molar-refractivity contribution in [2.75, 3.05) is 11.9 Å². The molecule has 0 saturated heterocycles. The lowest BCUT2D eigenvalue weighted by Crippen LogP contribution is -2.35. The molecule has 0 spiro atoms. The molecule has 18 heavy (non-hydrogen) atoms. The van der Waals surface area contributed by atoms with Crippen LogP contribution in [0.25, 0.3) is 0 Å². The summed E-state index contributed by atoms with van der Waals surface area (Å²) in [7, 11) is 0. The zero-order chi connectivity index (χ0) is 13.4. The lowest BCUT2D eigenvalue weighted by Gasteiger charge is -2.06. The van der Waals surface area contributed by atoms with Crippen LogP contribution in [0.1, 0.15) is 26.2 Å². The molecule has 5 heteroatoms. The van der Waals surface area contributed by atoms with Crippen LogP contribution in [0.4, 0.5) is 5.69 Å². The van der Waals surface area contributed by atoms with E-state index in [1.165, 1.54) is 0 Å². The first-order chi connectivity index (χ1) is 8.63. The Morgan fingerprint density at radius 2 is 2.00 bits per heavy atom. The minimum Gasteiger partial charge on any atom is -0.348 e. The number of anilines is 1. The molecule has 0 saturated carbocycles. The van der Waals surface area contributed by atoms with Gasteiger partial charge in [-0.3, -0.25) is 9.59 Å². The molecule has 1 aromatic rings. The van der Waals surface area contributed by atoms with Gasteiger partial charge in [-0.15, -0.1) is 0 Å². The lowest BCUT2D eigenvalue weighted by molar-refractivity contribution is -0.136. The van der Waals surface area contributed by atoms with Gasteiger partial charge in [-0.25, -0.2) is 0 Å². The molecular formula is C13H17ClN2O2. The molecule has 0 heterocycles. The number of unbranched alkanes of at least 4 members (excludes halogenated alkanes) is 2. The summed E-state index contributed by atoms with van der Waals surface area (Å²) in [4.78, 5) is 23.0. The van der Waals surface area contributed by atoms with Crippen molar-refractivity contribution in [1.82, 2.24) is 5.32 Å². The van der Waals surface area contributed by atoms with Gasteiger partial charge in [-0.1, -0.05) is 37.4 Å². The van der Waals surface area contributed by atoms with Crippen molar-refractivity contribution in [3.63, 3.8) is 0 Å². The Balaban J connectivity index is 2.38. The summed E-state index contributed by atoms with van der Waals surface area (Å²) in [6.45, 7) is 2.60. The Morgan fingerprint density at radius 1 is 1.22 bits per heavy atom. The summed E-state index contributed by atoms with van der Waals surface area (Å²) in [5, 5.41) is 5.57. The van der Waals surface area contributed by atoms with E-state index < -0.39 is 11.8 Å². The monoisotopic (exact) mass is 268 g/mol. The summed E-state index contributed by atoms with van der Waals surface area (Å²) in [5.74, 6) is -1.29. The maximum Gasteiger partial charge on any atom is 0.313 e. The molecule has 2 N–H and O–H groups in total. The Hall–Kier alpha value is -1.55. The van der Waals surface area contributed by atoms with Crippen LogP contribution < -0.4 is 10.6 Å². The number of hydrogen-bond acceptors (Lipinski definition) is 2. The number of hydrogen-bond donors (Lipinski definition) is 2. The molecule has 0 atom stereocenters. The van der Waals surface area contributed by atoms with E-state index in [-0.39, 0.29) is 0 Å². The van der Waals surface area contributed by atoms with Crippen molar-refractivity contribution in [3.8, 4) is 0 Å². The Labute approximate surface area is 112 Å². The fraction of sp³-hybridized carbons (Fsp3) is 0.385. The Kier molecular flexibility index (Phi) is 6.22. The van der Waals surface area contributed by atoms with E-state index in [0.29, 0.717) is 17.3 Å². The van der Waals surface area contributed by atoms with Gasteiger partial charge in [0, 0.05) is 17.3 Å². The molecular weight excluding hydrogens is 252 g/mol. The molecule has 0 fully saturated rings. The summed E-state index contributed by atoms with van der Waals surface area (Å²) >= 11 is 5.77. The summed E-state index contributed by atoms with van der Waals surface area (Å²) < 4.78 is 0. The number of nitrogens with one attached hydrogen (secondary N) is 2. The van der Waals surface area contributed by atoms with E-state index in [4.69, 9.17) is 11.6 Å². The average molecular weight is 269 g/mol. The molecule has 0 aliphatic carbocycles. The normalized spacial score (nSPS) is 9.89. The first kappa shape index (κ1) is 14.5. The van der Waals surface area contributed by atoms with Crippen LogP contribution in [0.3, 0.4) is 0 Å². The van der Waals surface area contributed by atoms with Crippen LogP contribution in [0, 0.1) is 0 Å². The standard InChI is InChI=1S/C13H17ClN2O2/c1-2-3-4-8-15-12(17)13(18)16-11-7-5-6-10(14)9-11/h5-7,9H,2-4,8H2,1H3,(H,15,17)(H,16,18). The van der Waals surface area contributed by atoms with Gasteiger partial charge in [0.1, 0.15) is 0 Å². The van der Waals surface area contributed by atoms with Crippen molar-refractivity contribution in [2.45, 2.75) is 26.2 Å². The molecule has 1 aromatic carbocycles. The van der Waals surface area contributed by atoms with E-state index in [1.807, 2.05) is 0 Å². The van der Waals surface area contributed by atoms with Crippen molar-refractivity contribution in [3.05, 3.63) is 29.3 Å². The van der Waals surface area contributed by atoms with Crippen LogP contribution >= 0.6 is 11.6 Å². The van der Waals surface area contributed by atoms with Gasteiger partial charge in [0.05, 0.1) is 0 Å².